The molecule has 2 aromatic carbocycles. The summed E-state index contributed by atoms with van der Waals surface area (Å²) in [7, 11) is 0. The molecule has 3 aromatic rings. The predicted molar refractivity (Wildman–Crippen MR) is 115 cm³/mol. The summed E-state index contributed by atoms with van der Waals surface area (Å²) in [5.74, 6) is 1.53. The van der Waals surface area contributed by atoms with Gasteiger partial charge >= 0.3 is 0 Å². The van der Waals surface area contributed by atoms with Gasteiger partial charge in [0.2, 0.25) is 5.95 Å². The summed E-state index contributed by atoms with van der Waals surface area (Å²) >= 11 is 0. The summed E-state index contributed by atoms with van der Waals surface area (Å²) in [6.07, 6.45) is 0. The van der Waals surface area contributed by atoms with Crippen LogP contribution in [-0.4, -0.2) is 27.7 Å². The Labute approximate surface area is 166 Å². The molecule has 0 unspecified atom stereocenters. The number of aliphatic hydroxyl groups is 1. The van der Waals surface area contributed by atoms with Gasteiger partial charge in [0.15, 0.2) is 0 Å². The summed E-state index contributed by atoms with van der Waals surface area (Å²) in [5, 5.41) is 16.4. The number of anilines is 2. The summed E-state index contributed by atoms with van der Waals surface area (Å²) in [4.78, 5) is 9.30. The van der Waals surface area contributed by atoms with E-state index in [1.54, 1.807) is 0 Å². The number of rotatable bonds is 8. The van der Waals surface area contributed by atoms with Crippen LogP contribution >= 0.6 is 0 Å². The van der Waals surface area contributed by atoms with Crippen molar-refractivity contribution in [2.75, 3.05) is 17.2 Å². The zero-order valence-electron chi connectivity index (χ0n) is 16.7. The summed E-state index contributed by atoms with van der Waals surface area (Å²) in [6.45, 7) is 6.94. The van der Waals surface area contributed by atoms with Crippen molar-refractivity contribution >= 4 is 11.8 Å². The first-order valence-electron chi connectivity index (χ1n) is 9.67. The lowest BCUT2D eigenvalue weighted by molar-refractivity contribution is 0.248. The lowest BCUT2D eigenvalue weighted by atomic mass is 10.1. The second kappa shape index (κ2) is 9.33. The standard InChI is InChI=1S/C23H28N4O/c1-16(2)21(15-28)26-23-25-20(18-10-5-4-6-11-18)13-22(27-23)24-14-19-12-8-7-9-17(19)3/h4-13,16,21,28H,14-15H2,1-3H3,(H2,24,25,26,27)/t21-/m0/s1. The van der Waals surface area contributed by atoms with Crippen molar-refractivity contribution in [3.8, 4) is 11.3 Å². The summed E-state index contributed by atoms with van der Waals surface area (Å²) < 4.78 is 0. The zero-order chi connectivity index (χ0) is 19.9. The normalized spacial score (nSPS) is 12.0. The highest BCUT2D eigenvalue weighted by atomic mass is 16.3. The Hall–Kier alpha value is -2.92. The van der Waals surface area contributed by atoms with Gasteiger partial charge in [-0.3, -0.25) is 0 Å². The molecule has 0 radical (unpaired) electrons. The number of nitrogens with zero attached hydrogens (tertiary/aromatic N) is 2. The smallest absolute Gasteiger partial charge is 0.225 e. The minimum atomic E-state index is -0.102. The van der Waals surface area contributed by atoms with Gasteiger partial charge in [0.05, 0.1) is 18.3 Å². The molecule has 0 aliphatic carbocycles. The quantitative estimate of drug-likeness (QED) is 0.540. The molecule has 0 bridgehead atoms. The molecule has 0 saturated carbocycles. The van der Waals surface area contributed by atoms with Crippen molar-refractivity contribution < 1.29 is 5.11 Å². The fraction of sp³-hybridized carbons (Fsp3) is 0.304. The Kier molecular flexibility index (Phi) is 6.61. The monoisotopic (exact) mass is 376 g/mol. The van der Waals surface area contributed by atoms with Gasteiger partial charge in [-0.25, -0.2) is 4.98 Å². The van der Waals surface area contributed by atoms with Crippen molar-refractivity contribution in [1.82, 2.24) is 9.97 Å². The van der Waals surface area contributed by atoms with E-state index in [2.05, 4.69) is 53.5 Å². The number of nitrogens with one attached hydrogen (secondary N) is 2. The van der Waals surface area contributed by atoms with E-state index in [4.69, 9.17) is 0 Å². The van der Waals surface area contributed by atoms with Gasteiger partial charge in [0, 0.05) is 18.2 Å². The van der Waals surface area contributed by atoms with Gasteiger partial charge in [0.25, 0.3) is 0 Å². The van der Waals surface area contributed by atoms with E-state index in [-0.39, 0.29) is 18.6 Å². The molecule has 0 saturated heterocycles. The van der Waals surface area contributed by atoms with Gasteiger partial charge in [-0.05, 0) is 24.0 Å². The van der Waals surface area contributed by atoms with Crippen LogP contribution in [0.15, 0.2) is 60.7 Å². The van der Waals surface area contributed by atoms with E-state index in [0.717, 1.165) is 17.1 Å². The highest BCUT2D eigenvalue weighted by Gasteiger charge is 2.15. The molecule has 146 valence electrons. The van der Waals surface area contributed by atoms with Gasteiger partial charge in [0.1, 0.15) is 5.82 Å². The highest BCUT2D eigenvalue weighted by molar-refractivity contribution is 5.64. The molecule has 5 heteroatoms. The van der Waals surface area contributed by atoms with Gasteiger partial charge < -0.3 is 15.7 Å². The van der Waals surface area contributed by atoms with Crippen LogP contribution in [0.3, 0.4) is 0 Å². The van der Waals surface area contributed by atoms with Crippen LogP contribution in [-0.2, 0) is 6.54 Å². The van der Waals surface area contributed by atoms with Crippen LogP contribution < -0.4 is 10.6 Å². The molecule has 0 fully saturated rings. The maximum Gasteiger partial charge on any atom is 0.225 e. The molecule has 1 aromatic heterocycles. The first-order chi connectivity index (χ1) is 13.6. The first kappa shape index (κ1) is 19.8. The van der Waals surface area contributed by atoms with Crippen LogP contribution in [0.25, 0.3) is 11.3 Å². The lowest BCUT2D eigenvalue weighted by Gasteiger charge is -2.21. The van der Waals surface area contributed by atoms with Gasteiger partial charge in [-0.1, -0.05) is 68.4 Å². The van der Waals surface area contributed by atoms with E-state index < -0.39 is 0 Å². The molecule has 28 heavy (non-hydrogen) atoms. The molecule has 0 spiro atoms. The predicted octanol–water partition coefficient (Wildman–Crippen LogP) is 4.49. The van der Waals surface area contributed by atoms with Gasteiger partial charge in [-0.15, -0.1) is 0 Å². The van der Waals surface area contributed by atoms with Gasteiger partial charge in [-0.2, -0.15) is 4.98 Å². The fourth-order valence-corrected chi connectivity index (χ4v) is 2.94. The summed E-state index contributed by atoms with van der Waals surface area (Å²) in [5.41, 5.74) is 4.33. The van der Waals surface area contributed by atoms with Crippen LogP contribution in [0.2, 0.25) is 0 Å². The van der Waals surface area contributed by atoms with E-state index in [1.807, 2.05) is 48.5 Å². The number of aromatic nitrogens is 2. The van der Waals surface area contributed by atoms with Crippen LogP contribution in [0.5, 0.6) is 0 Å². The minimum absolute atomic E-state index is 0.0303. The largest absolute Gasteiger partial charge is 0.394 e. The van der Waals surface area contributed by atoms with E-state index in [0.29, 0.717) is 12.5 Å². The molecule has 1 atom stereocenters. The van der Waals surface area contributed by atoms with Crippen LogP contribution in [0.1, 0.15) is 25.0 Å². The van der Waals surface area contributed by atoms with E-state index in [1.165, 1.54) is 11.1 Å². The molecular weight excluding hydrogens is 348 g/mol. The third-order valence-electron chi connectivity index (χ3n) is 4.83. The highest BCUT2D eigenvalue weighted by Crippen LogP contribution is 2.23. The number of benzene rings is 2. The molecule has 0 aliphatic rings. The zero-order valence-corrected chi connectivity index (χ0v) is 16.7. The molecule has 0 amide bonds. The Bertz CT molecular complexity index is 896. The fourth-order valence-electron chi connectivity index (χ4n) is 2.94. The average molecular weight is 377 g/mol. The van der Waals surface area contributed by atoms with Crippen molar-refractivity contribution in [3.05, 3.63) is 71.8 Å². The lowest BCUT2D eigenvalue weighted by Crippen LogP contribution is -2.30. The Balaban J connectivity index is 1.89. The maximum atomic E-state index is 9.66. The van der Waals surface area contributed by atoms with Crippen molar-refractivity contribution in [3.63, 3.8) is 0 Å². The molecular formula is C23H28N4O. The molecule has 3 N–H and O–H groups in total. The number of aryl methyl sites for hydroxylation is 1. The topological polar surface area (TPSA) is 70.1 Å². The molecule has 1 heterocycles. The van der Waals surface area contributed by atoms with Crippen molar-refractivity contribution in [2.24, 2.45) is 5.92 Å². The third-order valence-corrected chi connectivity index (χ3v) is 4.83. The van der Waals surface area contributed by atoms with Crippen LogP contribution in [0, 0.1) is 12.8 Å². The molecule has 3 rings (SSSR count). The minimum Gasteiger partial charge on any atom is -0.394 e. The molecule has 5 nitrogen and oxygen atoms in total. The Morgan fingerprint density at radius 3 is 2.36 bits per heavy atom. The Morgan fingerprint density at radius 2 is 1.68 bits per heavy atom. The van der Waals surface area contributed by atoms with E-state index in [9.17, 15) is 5.11 Å². The number of hydrogen-bond donors (Lipinski definition) is 3. The number of aliphatic hydroxyl groups excluding tert-OH is 1. The maximum absolute atomic E-state index is 9.66. The first-order valence-corrected chi connectivity index (χ1v) is 9.67. The molecule has 0 aliphatic heterocycles. The third kappa shape index (κ3) is 5.08. The van der Waals surface area contributed by atoms with E-state index >= 15 is 0 Å². The van der Waals surface area contributed by atoms with Crippen molar-refractivity contribution in [1.29, 1.82) is 0 Å². The van der Waals surface area contributed by atoms with Crippen molar-refractivity contribution in [2.45, 2.75) is 33.4 Å². The second-order valence-electron chi connectivity index (χ2n) is 7.29. The SMILES string of the molecule is Cc1ccccc1CNc1cc(-c2ccccc2)nc(N[C@@H](CO)C(C)C)n1. The van der Waals surface area contributed by atoms with Crippen LogP contribution in [0.4, 0.5) is 11.8 Å². The average Bonchev–Trinajstić information content (AvgIpc) is 2.71. The summed E-state index contributed by atoms with van der Waals surface area (Å²) in [6, 6.07) is 20.2. The Morgan fingerprint density at radius 1 is 0.964 bits per heavy atom. The second-order valence-corrected chi connectivity index (χ2v) is 7.29. The number of hydrogen-bond acceptors (Lipinski definition) is 5.